The van der Waals surface area contributed by atoms with Crippen LogP contribution in [0.2, 0.25) is 0 Å². The summed E-state index contributed by atoms with van der Waals surface area (Å²) >= 11 is 0. The number of allylic oxidation sites excluding steroid dienone is 6. The van der Waals surface area contributed by atoms with Crippen LogP contribution in [0.5, 0.6) is 0 Å². The lowest BCUT2D eigenvalue weighted by Gasteiger charge is -1.90. The highest BCUT2D eigenvalue weighted by molar-refractivity contribution is 5.72. The van der Waals surface area contributed by atoms with E-state index in [-0.39, 0.29) is 0 Å². The molecule has 0 aromatic heterocycles. The summed E-state index contributed by atoms with van der Waals surface area (Å²) in [6, 6.07) is 0. The summed E-state index contributed by atoms with van der Waals surface area (Å²) in [6.07, 6.45) is 14.3. The first-order chi connectivity index (χ1) is 6.35. The van der Waals surface area contributed by atoms with Gasteiger partial charge >= 0.3 is 0 Å². The maximum Gasteiger partial charge on any atom is 0.0589 e. The first-order valence-electron chi connectivity index (χ1n) is 4.49. The molecule has 0 heterocycles. The Labute approximate surface area is 80.9 Å². The molecule has 0 aliphatic heterocycles. The molecule has 0 unspecified atom stereocenters. The molecule has 0 rings (SSSR count). The van der Waals surface area contributed by atoms with E-state index >= 15 is 0 Å². The summed E-state index contributed by atoms with van der Waals surface area (Å²) in [4.78, 5) is 4.26. The molecular weight excluding hydrogens is 158 g/mol. The van der Waals surface area contributed by atoms with Gasteiger partial charge < -0.3 is 0 Å². The van der Waals surface area contributed by atoms with Gasteiger partial charge in [-0.2, -0.15) is 0 Å². The summed E-state index contributed by atoms with van der Waals surface area (Å²) in [7, 11) is 0. The molecule has 13 heavy (non-hydrogen) atoms. The first kappa shape index (κ1) is 11.6. The lowest BCUT2D eigenvalue weighted by atomic mass is 10.3. The van der Waals surface area contributed by atoms with Crippen LogP contribution >= 0.6 is 0 Å². The van der Waals surface area contributed by atoms with Gasteiger partial charge in [0.05, 0.1) is 5.70 Å². The fourth-order valence-corrected chi connectivity index (χ4v) is 0.755. The molecule has 0 N–H and O–H groups in total. The van der Waals surface area contributed by atoms with Gasteiger partial charge in [-0.1, -0.05) is 37.8 Å². The van der Waals surface area contributed by atoms with Crippen molar-refractivity contribution in [2.75, 3.05) is 0 Å². The Hall–Kier alpha value is -1.37. The molecule has 0 aliphatic rings. The standard InChI is InChI=1S/C12H17N/c1-4-7-10-12(9-6-3)13-11-8-5-2/h4-5,7-11H,1,6H2,2-3H3/b8-5-,10-7-,12-9?,13-11?. The fourth-order valence-electron chi connectivity index (χ4n) is 0.755. The van der Waals surface area contributed by atoms with Gasteiger partial charge in [-0.15, -0.1) is 0 Å². The third-order valence-electron chi connectivity index (χ3n) is 1.32. The number of rotatable bonds is 5. The molecule has 0 radical (unpaired) electrons. The molecule has 0 aromatic carbocycles. The highest BCUT2D eigenvalue weighted by atomic mass is 14.7. The zero-order chi connectivity index (χ0) is 9.94. The predicted octanol–water partition coefficient (Wildman–Crippen LogP) is 3.67. The molecule has 0 saturated carbocycles. The zero-order valence-electron chi connectivity index (χ0n) is 8.40. The van der Waals surface area contributed by atoms with Crippen molar-refractivity contribution in [2.24, 2.45) is 4.99 Å². The van der Waals surface area contributed by atoms with Crippen LogP contribution in [0.4, 0.5) is 0 Å². The number of nitrogens with zero attached hydrogens (tertiary/aromatic N) is 1. The van der Waals surface area contributed by atoms with Gasteiger partial charge in [-0.25, -0.2) is 0 Å². The molecule has 1 heteroatoms. The van der Waals surface area contributed by atoms with E-state index in [1.54, 1.807) is 12.3 Å². The van der Waals surface area contributed by atoms with Crippen LogP contribution in [-0.2, 0) is 0 Å². The normalized spacial score (nSPS) is 13.5. The second-order valence-corrected chi connectivity index (χ2v) is 2.44. The smallest absolute Gasteiger partial charge is 0.0589 e. The first-order valence-corrected chi connectivity index (χ1v) is 4.49. The van der Waals surface area contributed by atoms with Gasteiger partial charge in [0.15, 0.2) is 0 Å². The Morgan fingerprint density at radius 3 is 2.69 bits per heavy atom. The number of aliphatic imine (C=N–C) groups is 1. The minimum atomic E-state index is 0.973. The Morgan fingerprint density at radius 2 is 2.15 bits per heavy atom. The van der Waals surface area contributed by atoms with E-state index in [1.165, 1.54) is 0 Å². The summed E-state index contributed by atoms with van der Waals surface area (Å²) in [5, 5.41) is 0. The van der Waals surface area contributed by atoms with Crippen molar-refractivity contribution in [3.05, 3.63) is 48.7 Å². The topological polar surface area (TPSA) is 12.4 Å². The van der Waals surface area contributed by atoms with Gasteiger partial charge in [0.2, 0.25) is 0 Å². The van der Waals surface area contributed by atoms with Gasteiger partial charge in [-0.3, -0.25) is 4.99 Å². The number of hydrogen-bond acceptors (Lipinski definition) is 1. The van der Waals surface area contributed by atoms with Crippen LogP contribution in [0.3, 0.4) is 0 Å². The second-order valence-electron chi connectivity index (χ2n) is 2.44. The Morgan fingerprint density at radius 1 is 1.38 bits per heavy atom. The lowest BCUT2D eigenvalue weighted by molar-refractivity contribution is 1.19. The van der Waals surface area contributed by atoms with Gasteiger partial charge in [0.25, 0.3) is 0 Å². The number of hydrogen-bond donors (Lipinski definition) is 0. The van der Waals surface area contributed by atoms with E-state index in [0.717, 1.165) is 12.1 Å². The quantitative estimate of drug-likeness (QED) is 0.446. The summed E-state index contributed by atoms with van der Waals surface area (Å²) in [5.74, 6) is 0. The minimum Gasteiger partial charge on any atom is -0.257 e. The molecule has 70 valence electrons. The summed E-state index contributed by atoms with van der Waals surface area (Å²) < 4.78 is 0. The SMILES string of the molecule is C=C/C=C\C(=CCC)N=C/C=C\C. The Bertz CT molecular complexity index is 242. The average molecular weight is 175 g/mol. The van der Waals surface area contributed by atoms with Crippen LogP contribution < -0.4 is 0 Å². The molecule has 0 bridgehead atoms. The highest BCUT2D eigenvalue weighted by Gasteiger charge is 1.82. The predicted molar refractivity (Wildman–Crippen MR) is 61.0 cm³/mol. The molecule has 0 aromatic rings. The van der Waals surface area contributed by atoms with Crippen molar-refractivity contribution in [3.8, 4) is 0 Å². The fraction of sp³-hybridized carbons (Fsp3) is 0.250. The van der Waals surface area contributed by atoms with E-state index in [9.17, 15) is 0 Å². The zero-order valence-corrected chi connectivity index (χ0v) is 8.40. The van der Waals surface area contributed by atoms with E-state index in [4.69, 9.17) is 0 Å². The van der Waals surface area contributed by atoms with Crippen LogP contribution in [0.25, 0.3) is 0 Å². The van der Waals surface area contributed by atoms with Gasteiger partial charge in [-0.05, 0) is 25.5 Å². The summed E-state index contributed by atoms with van der Waals surface area (Å²) in [5.41, 5.74) is 0.973. The molecule has 0 aliphatic carbocycles. The molecule has 0 fully saturated rings. The van der Waals surface area contributed by atoms with Crippen molar-refractivity contribution in [1.82, 2.24) is 0 Å². The maximum absolute atomic E-state index is 4.26. The Balaban J connectivity index is 4.34. The lowest BCUT2D eigenvalue weighted by Crippen LogP contribution is -1.73. The Kier molecular flexibility index (Phi) is 7.80. The molecular formula is C12H17N. The van der Waals surface area contributed by atoms with Crippen LogP contribution in [0, 0.1) is 0 Å². The third kappa shape index (κ3) is 7.01. The minimum absolute atomic E-state index is 0.973. The van der Waals surface area contributed by atoms with Gasteiger partial charge in [0, 0.05) is 6.21 Å². The van der Waals surface area contributed by atoms with E-state index in [0.29, 0.717) is 0 Å². The highest BCUT2D eigenvalue weighted by Crippen LogP contribution is 2.00. The monoisotopic (exact) mass is 175 g/mol. The molecule has 0 amide bonds. The average Bonchev–Trinajstić information content (AvgIpc) is 2.14. The summed E-state index contributed by atoms with van der Waals surface area (Å²) in [6.45, 7) is 7.67. The van der Waals surface area contributed by atoms with Crippen molar-refractivity contribution >= 4 is 6.21 Å². The van der Waals surface area contributed by atoms with Crippen molar-refractivity contribution < 1.29 is 0 Å². The van der Waals surface area contributed by atoms with Crippen molar-refractivity contribution in [3.63, 3.8) is 0 Å². The van der Waals surface area contributed by atoms with Gasteiger partial charge in [0.1, 0.15) is 0 Å². The maximum atomic E-state index is 4.26. The van der Waals surface area contributed by atoms with Crippen LogP contribution in [-0.4, -0.2) is 6.21 Å². The molecule has 1 nitrogen and oxygen atoms in total. The van der Waals surface area contributed by atoms with Crippen molar-refractivity contribution in [2.45, 2.75) is 20.3 Å². The van der Waals surface area contributed by atoms with Crippen LogP contribution in [0.15, 0.2) is 53.7 Å². The van der Waals surface area contributed by atoms with E-state index in [1.807, 2.05) is 31.2 Å². The van der Waals surface area contributed by atoms with Crippen molar-refractivity contribution in [1.29, 1.82) is 0 Å². The third-order valence-corrected chi connectivity index (χ3v) is 1.32. The van der Waals surface area contributed by atoms with E-state index < -0.39 is 0 Å². The molecule has 0 saturated heterocycles. The van der Waals surface area contributed by atoms with E-state index in [2.05, 4.69) is 24.6 Å². The second kappa shape index (κ2) is 8.72. The molecule has 0 spiro atoms. The molecule has 0 atom stereocenters. The van der Waals surface area contributed by atoms with Crippen LogP contribution in [0.1, 0.15) is 20.3 Å². The largest absolute Gasteiger partial charge is 0.257 e.